The number of rotatable bonds is 7. The Morgan fingerprint density at radius 3 is 2.73 bits per heavy atom. The maximum absolute atomic E-state index is 13.2. The van der Waals surface area contributed by atoms with Crippen molar-refractivity contribution >= 4 is 55.9 Å². The van der Waals surface area contributed by atoms with Gasteiger partial charge in [0.25, 0.3) is 0 Å². The van der Waals surface area contributed by atoms with E-state index in [1.807, 2.05) is 48.5 Å². The third kappa shape index (κ3) is 5.19. The summed E-state index contributed by atoms with van der Waals surface area (Å²) in [5.41, 5.74) is 1.65. The first-order valence-electron chi connectivity index (χ1n) is 9.86. The first kappa shape index (κ1) is 20.8. The smallest absolute Gasteiger partial charge is 0.239 e. The van der Waals surface area contributed by atoms with E-state index >= 15 is 0 Å². The van der Waals surface area contributed by atoms with E-state index in [9.17, 15) is 9.59 Å². The monoisotopic (exact) mass is 441 g/mol. The van der Waals surface area contributed by atoms with Crippen LogP contribution in [0.3, 0.4) is 0 Å². The van der Waals surface area contributed by atoms with Gasteiger partial charge >= 0.3 is 0 Å². The third-order valence-electron chi connectivity index (χ3n) is 4.76. The van der Waals surface area contributed by atoms with Crippen molar-refractivity contribution in [1.29, 1.82) is 0 Å². The number of thiazole rings is 1. The number of amides is 2. The highest BCUT2D eigenvalue weighted by Crippen LogP contribution is 2.31. The molecular formula is C22H23N3O3S2. The number of carbonyl (C=O) groups excluding carboxylic acids is 2. The molecule has 4 rings (SSSR count). The lowest BCUT2D eigenvalue weighted by Crippen LogP contribution is -2.38. The summed E-state index contributed by atoms with van der Waals surface area (Å²) >= 11 is 3.01. The summed E-state index contributed by atoms with van der Waals surface area (Å²) < 4.78 is 6.85. The molecule has 1 aliphatic rings. The molecular weight excluding hydrogens is 418 g/mol. The van der Waals surface area contributed by atoms with Crippen molar-refractivity contribution in [2.24, 2.45) is 0 Å². The second-order valence-corrected chi connectivity index (χ2v) is 9.16. The number of hydrogen-bond donors (Lipinski definition) is 1. The number of anilines is 2. The van der Waals surface area contributed by atoms with Crippen LogP contribution in [-0.4, -0.2) is 41.8 Å². The van der Waals surface area contributed by atoms with E-state index in [2.05, 4.69) is 10.3 Å². The minimum atomic E-state index is -0.105. The van der Waals surface area contributed by atoms with Gasteiger partial charge in [-0.25, -0.2) is 4.98 Å². The number of aromatic nitrogens is 1. The van der Waals surface area contributed by atoms with Gasteiger partial charge in [-0.3, -0.25) is 14.5 Å². The van der Waals surface area contributed by atoms with Gasteiger partial charge < -0.3 is 10.1 Å². The van der Waals surface area contributed by atoms with E-state index in [1.165, 1.54) is 30.0 Å². The van der Waals surface area contributed by atoms with Crippen molar-refractivity contribution in [1.82, 2.24) is 4.98 Å². The van der Waals surface area contributed by atoms with Crippen LogP contribution < -0.4 is 10.2 Å². The van der Waals surface area contributed by atoms with Crippen LogP contribution in [0.2, 0.25) is 0 Å². The topological polar surface area (TPSA) is 71.5 Å². The number of para-hydroxylation sites is 1. The Morgan fingerprint density at radius 2 is 2.03 bits per heavy atom. The van der Waals surface area contributed by atoms with Gasteiger partial charge in [-0.1, -0.05) is 23.5 Å². The minimum Gasteiger partial charge on any atom is -0.376 e. The van der Waals surface area contributed by atoms with E-state index in [4.69, 9.17) is 4.74 Å². The number of fused-ring (bicyclic) bond motifs is 1. The number of nitrogens with one attached hydrogen (secondary N) is 1. The molecule has 1 aliphatic heterocycles. The van der Waals surface area contributed by atoms with Crippen molar-refractivity contribution in [2.45, 2.75) is 30.8 Å². The van der Waals surface area contributed by atoms with Crippen molar-refractivity contribution in [3.63, 3.8) is 0 Å². The zero-order chi connectivity index (χ0) is 20.9. The fourth-order valence-corrected chi connectivity index (χ4v) is 5.08. The number of hydrogen-bond acceptors (Lipinski definition) is 6. The molecule has 8 heteroatoms. The normalized spacial score (nSPS) is 16.0. The van der Waals surface area contributed by atoms with Crippen LogP contribution in [0.15, 0.2) is 53.4 Å². The van der Waals surface area contributed by atoms with Gasteiger partial charge in [-0.15, -0.1) is 11.8 Å². The number of thioether (sulfide) groups is 1. The zero-order valence-corrected chi connectivity index (χ0v) is 18.3. The highest BCUT2D eigenvalue weighted by molar-refractivity contribution is 8.00. The van der Waals surface area contributed by atoms with Crippen LogP contribution in [-0.2, 0) is 14.3 Å². The summed E-state index contributed by atoms with van der Waals surface area (Å²) in [4.78, 5) is 31.7. The summed E-state index contributed by atoms with van der Waals surface area (Å²) in [5, 5.41) is 3.47. The molecule has 1 fully saturated rings. The molecule has 0 unspecified atom stereocenters. The Balaban J connectivity index is 1.46. The molecule has 0 spiro atoms. The molecule has 30 heavy (non-hydrogen) atoms. The number of ether oxygens (including phenoxy) is 1. The van der Waals surface area contributed by atoms with Crippen molar-refractivity contribution < 1.29 is 14.3 Å². The predicted octanol–water partition coefficient (Wildman–Crippen LogP) is 4.56. The number of benzene rings is 2. The van der Waals surface area contributed by atoms with E-state index in [0.717, 1.165) is 45.4 Å². The minimum absolute atomic E-state index is 0.0143. The molecule has 1 saturated heterocycles. The van der Waals surface area contributed by atoms with Crippen LogP contribution in [0.5, 0.6) is 0 Å². The van der Waals surface area contributed by atoms with E-state index in [0.29, 0.717) is 12.3 Å². The second-order valence-electron chi connectivity index (χ2n) is 7.10. The Labute approximate surface area is 183 Å². The van der Waals surface area contributed by atoms with Crippen LogP contribution in [0.4, 0.5) is 10.8 Å². The maximum Gasteiger partial charge on any atom is 0.239 e. The van der Waals surface area contributed by atoms with Gasteiger partial charge in [0.05, 0.1) is 28.6 Å². The summed E-state index contributed by atoms with van der Waals surface area (Å²) in [7, 11) is 0. The second kappa shape index (κ2) is 9.59. The summed E-state index contributed by atoms with van der Waals surface area (Å²) in [5.74, 6) is 0.217. The molecule has 1 aromatic heterocycles. The molecule has 156 valence electrons. The molecule has 3 aromatic rings. The van der Waals surface area contributed by atoms with Gasteiger partial charge in [0.15, 0.2) is 5.13 Å². The average molecular weight is 442 g/mol. The predicted molar refractivity (Wildman–Crippen MR) is 122 cm³/mol. The van der Waals surface area contributed by atoms with Gasteiger partial charge in [0.2, 0.25) is 11.8 Å². The quantitative estimate of drug-likeness (QED) is 0.544. The lowest BCUT2D eigenvalue weighted by atomic mass is 10.2. The molecule has 0 saturated carbocycles. The van der Waals surface area contributed by atoms with Crippen LogP contribution in [0, 0.1) is 0 Å². The fraction of sp³-hybridized carbons (Fsp3) is 0.318. The molecule has 0 radical (unpaired) electrons. The zero-order valence-electron chi connectivity index (χ0n) is 16.7. The third-order valence-corrected chi connectivity index (χ3v) is 6.82. The Morgan fingerprint density at radius 1 is 1.23 bits per heavy atom. The highest BCUT2D eigenvalue weighted by atomic mass is 32.2. The average Bonchev–Trinajstić information content (AvgIpc) is 3.40. The van der Waals surface area contributed by atoms with Crippen molar-refractivity contribution in [3.05, 3.63) is 48.5 Å². The summed E-state index contributed by atoms with van der Waals surface area (Å²) in [6, 6.07) is 15.4. The Bertz CT molecular complexity index is 997. The largest absolute Gasteiger partial charge is 0.376 e. The van der Waals surface area contributed by atoms with Crippen LogP contribution in [0.25, 0.3) is 10.2 Å². The molecule has 0 aliphatic carbocycles. The first-order chi connectivity index (χ1) is 14.6. The van der Waals surface area contributed by atoms with Crippen molar-refractivity contribution in [2.75, 3.05) is 29.1 Å². The van der Waals surface area contributed by atoms with Crippen molar-refractivity contribution in [3.8, 4) is 0 Å². The van der Waals surface area contributed by atoms with E-state index < -0.39 is 0 Å². The molecule has 1 N–H and O–H groups in total. The van der Waals surface area contributed by atoms with Crippen LogP contribution >= 0.6 is 23.1 Å². The van der Waals surface area contributed by atoms with Gasteiger partial charge in [-0.2, -0.15) is 0 Å². The molecule has 2 heterocycles. The van der Waals surface area contributed by atoms with Gasteiger partial charge in [0, 0.05) is 24.1 Å². The molecule has 1 atom stereocenters. The SMILES string of the molecule is CC(=O)Nc1ccc(SCC(=O)N(C[C@@H]2CCCO2)c2nc3ccccc3s2)cc1. The van der Waals surface area contributed by atoms with Crippen LogP contribution in [0.1, 0.15) is 19.8 Å². The Kier molecular flexibility index (Phi) is 6.66. The lowest BCUT2D eigenvalue weighted by molar-refractivity contribution is -0.116. The molecule has 2 amide bonds. The maximum atomic E-state index is 13.2. The Hall–Kier alpha value is -2.42. The lowest BCUT2D eigenvalue weighted by Gasteiger charge is -2.23. The molecule has 6 nitrogen and oxygen atoms in total. The number of nitrogens with zero attached hydrogens (tertiary/aromatic N) is 2. The van der Waals surface area contributed by atoms with E-state index in [1.54, 1.807) is 4.90 Å². The summed E-state index contributed by atoms with van der Waals surface area (Å²) in [6.45, 7) is 2.76. The first-order valence-corrected chi connectivity index (χ1v) is 11.7. The standard InChI is InChI=1S/C22H23N3O3S2/c1-15(26)23-16-8-10-18(11-9-16)29-14-21(27)25(13-17-5-4-12-28-17)22-24-19-6-2-3-7-20(19)30-22/h2-3,6-11,17H,4-5,12-14H2,1H3,(H,23,26)/t17-/m0/s1. The highest BCUT2D eigenvalue weighted by Gasteiger charge is 2.26. The fourth-order valence-electron chi connectivity index (χ4n) is 3.31. The summed E-state index contributed by atoms with van der Waals surface area (Å²) in [6.07, 6.45) is 2.05. The van der Waals surface area contributed by atoms with Gasteiger partial charge in [-0.05, 0) is 49.2 Å². The molecule has 0 bridgehead atoms. The van der Waals surface area contributed by atoms with E-state index in [-0.39, 0.29) is 17.9 Å². The molecule has 2 aromatic carbocycles. The number of carbonyl (C=O) groups is 2. The van der Waals surface area contributed by atoms with Gasteiger partial charge in [0.1, 0.15) is 0 Å².